The predicted octanol–water partition coefficient (Wildman–Crippen LogP) is 0.813. The lowest BCUT2D eigenvalue weighted by molar-refractivity contribution is -0.126. The van der Waals surface area contributed by atoms with Crippen LogP contribution >= 0.6 is 11.3 Å². The maximum Gasteiger partial charge on any atom is 0.250 e. The Labute approximate surface area is 111 Å². The number of carbonyl (C=O) groups is 1. The number of thiophene rings is 1. The molecule has 100 valence electrons. The molecule has 0 aliphatic carbocycles. The lowest BCUT2D eigenvalue weighted by atomic mass is 10.1. The van der Waals surface area contributed by atoms with Crippen LogP contribution in [-0.2, 0) is 14.8 Å². The van der Waals surface area contributed by atoms with Gasteiger partial charge in [-0.05, 0) is 25.0 Å². The Kier molecular flexibility index (Phi) is 3.74. The second-order valence-electron chi connectivity index (χ2n) is 4.56. The van der Waals surface area contributed by atoms with Gasteiger partial charge in [-0.1, -0.05) is 0 Å². The molecule has 0 radical (unpaired) electrons. The van der Waals surface area contributed by atoms with E-state index >= 15 is 0 Å². The van der Waals surface area contributed by atoms with Crippen molar-refractivity contribution >= 4 is 27.3 Å². The molecule has 0 bridgehead atoms. The van der Waals surface area contributed by atoms with Gasteiger partial charge in [0.25, 0.3) is 0 Å². The van der Waals surface area contributed by atoms with Crippen LogP contribution in [0.1, 0.15) is 11.3 Å². The predicted molar refractivity (Wildman–Crippen MR) is 70.0 cm³/mol. The molecule has 1 amide bonds. The lowest BCUT2D eigenvalue weighted by Gasteiger charge is -2.10. The highest BCUT2D eigenvalue weighted by atomic mass is 32.2. The van der Waals surface area contributed by atoms with Crippen LogP contribution in [0, 0.1) is 12.8 Å². The minimum atomic E-state index is -3.42. The van der Waals surface area contributed by atoms with Crippen molar-refractivity contribution in [2.45, 2.75) is 17.6 Å². The van der Waals surface area contributed by atoms with Gasteiger partial charge in [0.1, 0.15) is 4.21 Å². The molecule has 1 fully saturated rings. The van der Waals surface area contributed by atoms with Crippen LogP contribution in [0.3, 0.4) is 0 Å². The summed E-state index contributed by atoms with van der Waals surface area (Å²) >= 11 is 1.25. The second-order valence-corrected chi connectivity index (χ2v) is 7.84. The highest BCUT2D eigenvalue weighted by Gasteiger charge is 2.28. The van der Waals surface area contributed by atoms with E-state index in [9.17, 15) is 13.2 Å². The maximum absolute atomic E-state index is 12.0. The van der Waals surface area contributed by atoms with Gasteiger partial charge in [0.05, 0.1) is 0 Å². The zero-order valence-electron chi connectivity index (χ0n) is 10.3. The van der Waals surface area contributed by atoms with Gasteiger partial charge in [-0.15, -0.1) is 11.3 Å². The van der Waals surface area contributed by atoms with Gasteiger partial charge in [0.2, 0.25) is 15.9 Å². The molecule has 5 nitrogen and oxygen atoms in total. The molecule has 0 spiro atoms. The largest absolute Gasteiger partial charge is 0.345 e. The van der Waals surface area contributed by atoms with E-state index in [1.54, 1.807) is 24.1 Å². The van der Waals surface area contributed by atoms with E-state index in [0.29, 0.717) is 23.7 Å². The Morgan fingerprint density at radius 3 is 2.72 bits per heavy atom. The number of likely N-dealkylation sites (tertiary alicyclic amines) is 1. The van der Waals surface area contributed by atoms with Crippen molar-refractivity contribution in [1.82, 2.24) is 9.62 Å². The van der Waals surface area contributed by atoms with Crippen LogP contribution in [0.4, 0.5) is 0 Å². The number of carbonyl (C=O) groups excluding carboxylic acids is 1. The summed E-state index contributed by atoms with van der Waals surface area (Å²) in [7, 11) is -1.69. The third-order valence-electron chi connectivity index (χ3n) is 2.96. The maximum atomic E-state index is 12.0. The first-order chi connectivity index (χ1) is 8.38. The van der Waals surface area contributed by atoms with E-state index < -0.39 is 10.0 Å². The Morgan fingerprint density at radius 1 is 1.50 bits per heavy atom. The standard InChI is InChI=1S/C11H16N2O3S2/c1-8-3-4-11(17-8)18(15,16)12-6-9-5-10(14)13(2)7-9/h3-4,9,12H,5-7H2,1-2H3. The highest BCUT2D eigenvalue weighted by Crippen LogP contribution is 2.21. The third-order valence-corrected chi connectivity index (χ3v) is 5.88. The fourth-order valence-electron chi connectivity index (χ4n) is 1.95. The molecule has 7 heteroatoms. The van der Waals surface area contributed by atoms with Crippen LogP contribution in [-0.4, -0.2) is 39.4 Å². The zero-order chi connectivity index (χ0) is 13.3. The number of amides is 1. The topological polar surface area (TPSA) is 66.5 Å². The molecule has 2 heterocycles. The van der Waals surface area contributed by atoms with Crippen LogP contribution in [0.2, 0.25) is 0 Å². The number of nitrogens with zero attached hydrogens (tertiary/aromatic N) is 1. The van der Waals surface area contributed by atoms with Crippen LogP contribution < -0.4 is 4.72 Å². The van der Waals surface area contributed by atoms with E-state index in [1.807, 2.05) is 6.92 Å². The number of hydrogen-bond acceptors (Lipinski definition) is 4. The molecule has 1 N–H and O–H groups in total. The molecule has 2 rings (SSSR count). The first-order valence-electron chi connectivity index (χ1n) is 5.68. The van der Waals surface area contributed by atoms with Crippen molar-refractivity contribution in [2.24, 2.45) is 5.92 Å². The Balaban J connectivity index is 1.96. The van der Waals surface area contributed by atoms with Gasteiger partial charge in [-0.2, -0.15) is 0 Å². The quantitative estimate of drug-likeness (QED) is 0.891. The molecule has 0 saturated carbocycles. The van der Waals surface area contributed by atoms with Crippen molar-refractivity contribution in [3.63, 3.8) is 0 Å². The van der Waals surface area contributed by atoms with Gasteiger partial charge in [-0.3, -0.25) is 4.79 Å². The molecule has 1 aromatic rings. The zero-order valence-corrected chi connectivity index (χ0v) is 12.0. The molecule has 1 saturated heterocycles. The first-order valence-corrected chi connectivity index (χ1v) is 7.98. The molecule has 1 aliphatic rings. The summed E-state index contributed by atoms with van der Waals surface area (Å²) in [6, 6.07) is 3.39. The Hall–Kier alpha value is -0.920. The average Bonchev–Trinajstić information content (AvgIpc) is 2.85. The summed E-state index contributed by atoms with van der Waals surface area (Å²) < 4.78 is 26.8. The second kappa shape index (κ2) is 4.99. The minimum Gasteiger partial charge on any atom is -0.345 e. The van der Waals surface area contributed by atoms with Crippen LogP contribution in [0.15, 0.2) is 16.3 Å². The third kappa shape index (κ3) is 2.90. The van der Waals surface area contributed by atoms with E-state index in [0.717, 1.165) is 4.88 Å². The van der Waals surface area contributed by atoms with Crippen molar-refractivity contribution in [3.8, 4) is 0 Å². The monoisotopic (exact) mass is 288 g/mol. The summed E-state index contributed by atoms with van der Waals surface area (Å²) in [5, 5.41) is 0. The van der Waals surface area contributed by atoms with Crippen molar-refractivity contribution in [2.75, 3.05) is 20.1 Å². The molecule has 1 atom stereocenters. The van der Waals surface area contributed by atoms with Crippen molar-refractivity contribution in [3.05, 3.63) is 17.0 Å². The molecule has 18 heavy (non-hydrogen) atoms. The molecule has 1 aliphatic heterocycles. The van der Waals surface area contributed by atoms with Crippen molar-refractivity contribution < 1.29 is 13.2 Å². The average molecular weight is 288 g/mol. The van der Waals surface area contributed by atoms with Gasteiger partial charge in [0.15, 0.2) is 0 Å². The summed E-state index contributed by atoms with van der Waals surface area (Å²) in [5.41, 5.74) is 0. The van der Waals surface area contributed by atoms with E-state index in [2.05, 4.69) is 4.72 Å². The van der Waals surface area contributed by atoms with Crippen molar-refractivity contribution in [1.29, 1.82) is 0 Å². The Morgan fingerprint density at radius 2 is 2.22 bits per heavy atom. The number of nitrogens with one attached hydrogen (secondary N) is 1. The van der Waals surface area contributed by atoms with Gasteiger partial charge < -0.3 is 4.90 Å². The fourth-order valence-corrected chi connectivity index (χ4v) is 4.39. The number of sulfonamides is 1. The molecular weight excluding hydrogens is 272 g/mol. The lowest BCUT2D eigenvalue weighted by Crippen LogP contribution is -2.30. The van der Waals surface area contributed by atoms with E-state index in [4.69, 9.17) is 0 Å². The van der Waals surface area contributed by atoms with Gasteiger partial charge >= 0.3 is 0 Å². The van der Waals surface area contributed by atoms with Gasteiger partial charge in [0, 0.05) is 31.4 Å². The summed E-state index contributed by atoms with van der Waals surface area (Å²) in [6.07, 6.45) is 0.419. The molecule has 0 aromatic carbocycles. The normalized spacial score (nSPS) is 20.7. The number of aryl methyl sites for hydroxylation is 1. The summed E-state index contributed by atoms with van der Waals surface area (Å²) in [4.78, 5) is 13.9. The van der Waals surface area contributed by atoms with Crippen LogP contribution in [0.25, 0.3) is 0 Å². The highest BCUT2D eigenvalue weighted by molar-refractivity contribution is 7.91. The first kappa shape index (κ1) is 13.5. The fraction of sp³-hybridized carbons (Fsp3) is 0.545. The smallest absolute Gasteiger partial charge is 0.250 e. The van der Waals surface area contributed by atoms with E-state index in [1.165, 1.54) is 11.3 Å². The van der Waals surface area contributed by atoms with Gasteiger partial charge in [-0.25, -0.2) is 13.1 Å². The van der Waals surface area contributed by atoms with E-state index in [-0.39, 0.29) is 11.8 Å². The summed E-state index contributed by atoms with van der Waals surface area (Å²) in [5.74, 6) is 0.143. The van der Waals surface area contributed by atoms with Crippen LogP contribution in [0.5, 0.6) is 0 Å². The number of hydrogen-bond donors (Lipinski definition) is 1. The molecule has 1 unspecified atom stereocenters. The minimum absolute atomic E-state index is 0.0679. The summed E-state index contributed by atoms with van der Waals surface area (Å²) in [6.45, 7) is 2.80. The molecule has 1 aromatic heterocycles. The molecular formula is C11H16N2O3S2. The SMILES string of the molecule is Cc1ccc(S(=O)(=O)NCC2CC(=O)N(C)C2)s1. The Bertz CT molecular complexity index is 550. The number of rotatable bonds is 4.